The van der Waals surface area contributed by atoms with Crippen molar-refractivity contribution in [2.24, 2.45) is 5.41 Å². The first-order valence-corrected chi connectivity index (χ1v) is 6.31. The molecule has 0 spiro atoms. The van der Waals surface area contributed by atoms with Gasteiger partial charge in [-0.25, -0.2) is 4.98 Å². The van der Waals surface area contributed by atoms with Crippen LogP contribution in [-0.4, -0.2) is 38.8 Å². The van der Waals surface area contributed by atoms with E-state index in [0.717, 1.165) is 31.4 Å². The number of nitrogens with one attached hydrogen (secondary N) is 1. The Morgan fingerprint density at radius 1 is 1.56 bits per heavy atom. The van der Waals surface area contributed by atoms with Crippen molar-refractivity contribution >= 4 is 16.5 Å². The molecule has 5 heteroatoms. The molecule has 1 aromatic rings. The molecule has 1 saturated heterocycles. The minimum atomic E-state index is 0.342. The summed E-state index contributed by atoms with van der Waals surface area (Å²) in [6.07, 6.45) is 1.95. The molecule has 1 aliphatic heterocycles. The zero-order valence-corrected chi connectivity index (χ0v) is 10.9. The van der Waals surface area contributed by atoms with Crippen LogP contribution in [0.25, 0.3) is 0 Å². The molecular weight excluding hydrogens is 222 g/mol. The summed E-state index contributed by atoms with van der Waals surface area (Å²) in [5, 5.41) is 4.53. The fraction of sp³-hybridized carbons (Fsp3) is 0.727. The SMILES string of the molecule is CN(C)c1ncc(CNCC2(C)COC2)s1. The zero-order chi connectivity index (χ0) is 11.6. The van der Waals surface area contributed by atoms with E-state index < -0.39 is 0 Å². The molecule has 0 saturated carbocycles. The van der Waals surface area contributed by atoms with Crippen LogP contribution in [0.4, 0.5) is 5.13 Å². The Labute approximate surface area is 101 Å². The van der Waals surface area contributed by atoms with Gasteiger partial charge >= 0.3 is 0 Å². The second-order valence-electron chi connectivity index (χ2n) is 4.91. The number of anilines is 1. The molecule has 2 heterocycles. The van der Waals surface area contributed by atoms with Gasteiger partial charge in [0.2, 0.25) is 0 Å². The highest BCUT2D eigenvalue weighted by molar-refractivity contribution is 7.15. The highest BCUT2D eigenvalue weighted by Crippen LogP contribution is 2.25. The number of thiazole rings is 1. The summed E-state index contributed by atoms with van der Waals surface area (Å²) >= 11 is 1.74. The average Bonchev–Trinajstić information content (AvgIpc) is 2.64. The van der Waals surface area contributed by atoms with Gasteiger partial charge < -0.3 is 15.0 Å². The van der Waals surface area contributed by atoms with E-state index in [1.807, 2.05) is 25.2 Å². The lowest BCUT2D eigenvalue weighted by Crippen LogP contribution is -2.47. The van der Waals surface area contributed by atoms with Crippen molar-refractivity contribution in [2.75, 3.05) is 38.8 Å². The molecule has 0 radical (unpaired) electrons. The number of aromatic nitrogens is 1. The molecule has 0 bridgehead atoms. The van der Waals surface area contributed by atoms with Gasteiger partial charge in [0.15, 0.2) is 5.13 Å². The third-order valence-corrected chi connectivity index (χ3v) is 3.84. The first-order valence-electron chi connectivity index (χ1n) is 5.50. The molecule has 0 amide bonds. The smallest absolute Gasteiger partial charge is 0.185 e. The van der Waals surface area contributed by atoms with Gasteiger partial charge in [-0.1, -0.05) is 6.92 Å². The number of hydrogen-bond donors (Lipinski definition) is 1. The molecule has 1 aliphatic rings. The zero-order valence-electron chi connectivity index (χ0n) is 10.1. The molecule has 90 valence electrons. The molecule has 1 N–H and O–H groups in total. The van der Waals surface area contributed by atoms with Crippen molar-refractivity contribution in [3.05, 3.63) is 11.1 Å². The van der Waals surface area contributed by atoms with Crippen molar-refractivity contribution < 1.29 is 4.74 Å². The summed E-state index contributed by atoms with van der Waals surface area (Å²) in [5.74, 6) is 0. The van der Waals surface area contributed by atoms with Gasteiger partial charge in [0.25, 0.3) is 0 Å². The summed E-state index contributed by atoms with van der Waals surface area (Å²) in [6.45, 7) is 5.93. The second-order valence-corrected chi connectivity index (χ2v) is 6.00. The Bertz CT molecular complexity index is 347. The Morgan fingerprint density at radius 3 is 2.81 bits per heavy atom. The monoisotopic (exact) mass is 241 g/mol. The van der Waals surface area contributed by atoms with Gasteiger partial charge in [-0.3, -0.25) is 0 Å². The lowest BCUT2D eigenvalue weighted by atomic mass is 9.89. The molecule has 1 fully saturated rings. The van der Waals surface area contributed by atoms with E-state index in [1.165, 1.54) is 4.88 Å². The predicted octanol–water partition coefficient (Wildman–Crippen LogP) is 1.34. The predicted molar refractivity (Wildman–Crippen MR) is 67.1 cm³/mol. The van der Waals surface area contributed by atoms with Crippen LogP contribution >= 0.6 is 11.3 Å². The normalized spacial score (nSPS) is 18.2. The van der Waals surface area contributed by atoms with Crippen molar-refractivity contribution in [3.8, 4) is 0 Å². The molecule has 4 nitrogen and oxygen atoms in total. The molecule has 0 aromatic carbocycles. The Kier molecular flexibility index (Phi) is 3.47. The standard InChI is InChI=1S/C11H19N3OS/c1-11(7-15-8-11)6-12-4-9-5-13-10(16-9)14(2)3/h5,12H,4,6-8H2,1-3H3. The fourth-order valence-electron chi connectivity index (χ4n) is 1.63. The lowest BCUT2D eigenvalue weighted by molar-refractivity contribution is -0.0991. The summed E-state index contributed by atoms with van der Waals surface area (Å²) in [4.78, 5) is 7.67. The van der Waals surface area contributed by atoms with Crippen LogP contribution in [0.2, 0.25) is 0 Å². The van der Waals surface area contributed by atoms with Crippen LogP contribution in [0.3, 0.4) is 0 Å². The maximum Gasteiger partial charge on any atom is 0.185 e. The quantitative estimate of drug-likeness (QED) is 0.844. The summed E-state index contributed by atoms with van der Waals surface area (Å²) < 4.78 is 5.22. The topological polar surface area (TPSA) is 37.4 Å². The Morgan fingerprint density at radius 2 is 2.31 bits per heavy atom. The third kappa shape index (κ3) is 2.72. The number of rotatable bonds is 5. The van der Waals surface area contributed by atoms with E-state index in [1.54, 1.807) is 11.3 Å². The number of ether oxygens (including phenoxy) is 1. The molecule has 0 atom stereocenters. The van der Waals surface area contributed by atoms with E-state index >= 15 is 0 Å². The van der Waals surface area contributed by atoms with Gasteiger partial charge in [0.05, 0.1) is 13.2 Å². The van der Waals surface area contributed by atoms with Crippen molar-refractivity contribution in [1.82, 2.24) is 10.3 Å². The number of hydrogen-bond acceptors (Lipinski definition) is 5. The lowest BCUT2D eigenvalue weighted by Gasteiger charge is -2.38. The van der Waals surface area contributed by atoms with Crippen LogP contribution in [0.1, 0.15) is 11.8 Å². The third-order valence-electron chi connectivity index (χ3n) is 2.68. The Balaban J connectivity index is 1.76. The minimum Gasteiger partial charge on any atom is -0.380 e. The van der Waals surface area contributed by atoms with E-state index in [2.05, 4.69) is 17.2 Å². The van der Waals surface area contributed by atoms with Crippen molar-refractivity contribution in [3.63, 3.8) is 0 Å². The number of nitrogens with zero attached hydrogens (tertiary/aromatic N) is 2. The summed E-state index contributed by atoms with van der Waals surface area (Å²) in [7, 11) is 4.03. The van der Waals surface area contributed by atoms with Gasteiger partial charge in [-0.15, -0.1) is 11.3 Å². The maximum absolute atomic E-state index is 5.22. The summed E-state index contributed by atoms with van der Waals surface area (Å²) in [5.41, 5.74) is 0.342. The van der Waals surface area contributed by atoms with Crippen molar-refractivity contribution in [2.45, 2.75) is 13.5 Å². The summed E-state index contributed by atoms with van der Waals surface area (Å²) in [6, 6.07) is 0. The van der Waals surface area contributed by atoms with Crippen LogP contribution in [0, 0.1) is 5.41 Å². The van der Waals surface area contributed by atoms with Crippen LogP contribution in [-0.2, 0) is 11.3 Å². The van der Waals surface area contributed by atoms with Gasteiger partial charge in [-0.2, -0.15) is 0 Å². The Hall–Kier alpha value is -0.650. The average molecular weight is 241 g/mol. The first-order chi connectivity index (χ1) is 7.59. The maximum atomic E-state index is 5.22. The highest BCUT2D eigenvalue weighted by atomic mass is 32.1. The van der Waals surface area contributed by atoms with Crippen LogP contribution < -0.4 is 10.2 Å². The first kappa shape index (κ1) is 11.8. The van der Waals surface area contributed by atoms with E-state index in [0.29, 0.717) is 5.41 Å². The molecule has 0 unspecified atom stereocenters. The molecule has 1 aromatic heterocycles. The molecule has 16 heavy (non-hydrogen) atoms. The van der Waals surface area contributed by atoms with Crippen molar-refractivity contribution in [1.29, 1.82) is 0 Å². The van der Waals surface area contributed by atoms with Crippen LogP contribution in [0.5, 0.6) is 0 Å². The van der Waals surface area contributed by atoms with Gasteiger partial charge in [-0.05, 0) is 0 Å². The van der Waals surface area contributed by atoms with E-state index in [-0.39, 0.29) is 0 Å². The molecule has 2 rings (SSSR count). The molecular formula is C11H19N3OS. The minimum absolute atomic E-state index is 0.342. The van der Waals surface area contributed by atoms with Gasteiger partial charge in [0, 0.05) is 43.7 Å². The van der Waals surface area contributed by atoms with E-state index in [9.17, 15) is 0 Å². The van der Waals surface area contributed by atoms with E-state index in [4.69, 9.17) is 4.74 Å². The largest absolute Gasteiger partial charge is 0.380 e. The second kappa shape index (κ2) is 4.69. The fourth-order valence-corrected chi connectivity index (χ4v) is 2.43. The highest BCUT2D eigenvalue weighted by Gasteiger charge is 2.32. The van der Waals surface area contributed by atoms with Crippen LogP contribution in [0.15, 0.2) is 6.20 Å². The van der Waals surface area contributed by atoms with Gasteiger partial charge in [0.1, 0.15) is 0 Å². The molecule has 0 aliphatic carbocycles.